The average molecular weight is 427 g/mol. The average Bonchev–Trinajstić information content (AvgIpc) is 3.20. The summed E-state index contributed by atoms with van der Waals surface area (Å²) in [5.74, 6) is 1.39. The van der Waals surface area contributed by atoms with Crippen LogP contribution in [0.3, 0.4) is 0 Å². The van der Waals surface area contributed by atoms with Gasteiger partial charge in [-0.2, -0.15) is 0 Å². The van der Waals surface area contributed by atoms with Gasteiger partial charge in [-0.15, -0.1) is 5.10 Å². The largest absolute Gasteiger partial charge is 0.493 e. The van der Waals surface area contributed by atoms with Gasteiger partial charge in [-0.25, -0.2) is 4.68 Å². The lowest BCUT2D eigenvalue weighted by molar-refractivity contribution is 0.315. The second-order valence-corrected chi connectivity index (χ2v) is 7.54. The lowest BCUT2D eigenvalue weighted by Crippen LogP contribution is -2.08. The number of benzene rings is 2. The smallest absolute Gasteiger partial charge is 0.183 e. The first-order valence-electron chi connectivity index (χ1n) is 9.48. The maximum absolute atomic E-state index is 6.36. The van der Waals surface area contributed by atoms with Crippen LogP contribution in [-0.2, 0) is 6.54 Å². The van der Waals surface area contributed by atoms with E-state index in [0.29, 0.717) is 34.6 Å². The predicted octanol–water partition coefficient (Wildman–Crippen LogP) is 5.74. The molecule has 0 atom stereocenters. The molecule has 1 aliphatic carbocycles. The molecule has 0 saturated heterocycles. The quantitative estimate of drug-likeness (QED) is 0.483. The summed E-state index contributed by atoms with van der Waals surface area (Å²) in [6, 6.07) is 13.4. The summed E-state index contributed by atoms with van der Waals surface area (Å²) in [5, 5.41) is 13.0. The SMILES string of the molecule is Clc1cccc(-c2nnnn2Cc2ccccc2OCCC2=CC=CCC2)c1Cl. The molecule has 0 N–H and O–H groups in total. The Morgan fingerprint density at radius 1 is 1.07 bits per heavy atom. The van der Waals surface area contributed by atoms with Crippen LogP contribution in [0.5, 0.6) is 5.75 Å². The fraction of sp³-hybridized carbons (Fsp3) is 0.227. The number of ether oxygens (including phenoxy) is 1. The lowest BCUT2D eigenvalue weighted by Gasteiger charge is -2.14. The Balaban J connectivity index is 1.51. The van der Waals surface area contributed by atoms with E-state index in [1.807, 2.05) is 36.4 Å². The Kier molecular flexibility index (Phi) is 6.27. The molecule has 0 bridgehead atoms. The van der Waals surface area contributed by atoms with Gasteiger partial charge in [0.25, 0.3) is 0 Å². The van der Waals surface area contributed by atoms with Crippen molar-refractivity contribution < 1.29 is 4.74 Å². The topological polar surface area (TPSA) is 52.8 Å². The Bertz CT molecular complexity index is 1060. The number of rotatable bonds is 7. The van der Waals surface area contributed by atoms with E-state index in [4.69, 9.17) is 27.9 Å². The number of aromatic nitrogens is 4. The molecule has 148 valence electrons. The van der Waals surface area contributed by atoms with Gasteiger partial charge in [0.15, 0.2) is 5.82 Å². The van der Waals surface area contributed by atoms with Gasteiger partial charge in [0.1, 0.15) is 5.75 Å². The zero-order valence-corrected chi connectivity index (χ0v) is 17.3. The van der Waals surface area contributed by atoms with Gasteiger partial charge in [0.05, 0.1) is 23.2 Å². The summed E-state index contributed by atoms with van der Waals surface area (Å²) in [7, 11) is 0. The van der Waals surface area contributed by atoms with Crippen molar-refractivity contribution in [2.75, 3.05) is 6.61 Å². The normalized spacial score (nSPS) is 13.4. The molecule has 0 aliphatic heterocycles. The summed E-state index contributed by atoms with van der Waals surface area (Å²) in [5.41, 5.74) is 3.11. The molecule has 0 unspecified atom stereocenters. The summed E-state index contributed by atoms with van der Waals surface area (Å²) in [6.07, 6.45) is 9.63. The monoisotopic (exact) mass is 426 g/mol. The molecule has 1 heterocycles. The van der Waals surface area contributed by atoms with E-state index >= 15 is 0 Å². The summed E-state index contributed by atoms with van der Waals surface area (Å²) >= 11 is 12.5. The summed E-state index contributed by atoms with van der Waals surface area (Å²) in [6.45, 7) is 1.10. The highest BCUT2D eigenvalue weighted by Crippen LogP contribution is 2.32. The van der Waals surface area contributed by atoms with Gasteiger partial charge in [0, 0.05) is 17.5 Å². The number of para-hydroxylation sites is 1. The number of hydrogen-bond donors (Lipinski definition) is 0. The highest BCUT2D eigenvalue weighted by molar-refractivity contribution is 6.43. The first-order valence-corrected chi connectivity index (χ1v) is 10.2. The van der Waals surface area contributed by atoms with E-state index in [1.54, 1.807) is 10.7 Å². The second-order valence-electron chi connectivity index (χ2n) is 6.76. The Morgan fingerprint density at radius 2 is 1.97 bits per heavy atom. The molecule has 1 aliphatic rings. The minimum atomic E-state index is 0.435. The van der Waals surface area contributed by atoms with Crippen LogP contribution >= 0.6 is 23.2 Å². The Labute approximate surface area is 179 Å². The van der Waals surface area contributed by atoms with Crippen LogP contribution in [0.2, 0.25) is 10.0 Å². The fourth-order valence-corrected chi connectivity index (χ4v) is 3.66. The maximum atomic E-state index is 6.36. The lowest BCUT2D eigenvalue weighted by atomic mass is 10.0. The molecule has 0 saturated carbocycles. The van der Waals surface area contributed by atoms with E-state index in [9.17, 15) is 0 Å². The standard InChI is InChI=1S/C22H20Cl2N4O/c23-19-11-6-10-18(21(19)24)22-25-26-27-28(22)15-17-9-4-5-12-20(17)29-14-13-16-7-2-1-3-8-16/h1-2,4-7,9-12H,3,8,13-15H2. The molecule has 3 aromatic rings. The van der Waals surface area contributed by atoms with Crippen molar-refractivity contribution in [3.8, 4) is 17.1 Å². The van der Waals surface area contributed by atoms with Gasteiger partial charge < -0.3 is 4.74 Å². The van der Waals surface area contributed by atoms with Crippen molar-refractivity contribution in [3.63, 3.8) is 0 Å². The Morgan fingerprint density at radius 3 is 2.83 bits per heavy atom. The van der Waals surface area contributed by atoms with Crippen molar-refractivity contribution in [3.05, 3.63) is 81.9 Å². The van der Waals surface area contributed by atoms with Crippen LogP contribution in [0.15, 0.2) is 66.3 Å². The van der Waals surface area contributed by atoms with E-state index in [0.717, 1.165) is 30.6 Å². The molecule has 0 amide bonds. The summed E-state index contributed by atoms with van der Waals surface area (Å²) < 4.78 is 7.79. The first-order chi connectivity index (χ1) is 14.2. The third kappa shape index (κ3) is 4.69. The van der Waals surface area contributed by atoms with E-state index < -0.39 is 0 Å². The van der Waals surface area contributed by atoms with Gasteiger partial charge in [-0.1, -0.05) is 71.3 Å². The molecule has 5 nitrogen and oxygen atoms in total. The molecule has 4 rings (SSSR count). The van der Waals surface area contributed by atoms with Crippen molar-refractivity contribution in [1.82, 2.24) is 20.2 Å². The second kappa shape index (κ2) is 9.25. The van der Waals surface area contributed by atoms with Crippen LogP contribution in [-0.4, -0.2) is 26.8 Å². The molecular formula is C22H20Cl2N4O. The summed E-state index contributed by atoms with van der Waals surface area (Å²) in [4.78, 5) is 0. The number of tetrazole rings is 1. The van der Waals surface area contributed by atoms with Crippen LogP contribution in [0, 0.1) is 0 Å². The number of halogens is 2. The fourth-order valence-electron chi connectivity index (χ4n) is 3.27. The van der Waals surface area contributed by atoms with Gasteiger partial charge in [-0.05, 0) is 41.5 Å². The third-order valence-electron chi connectivity index (χ3n) is 4.80. The third-order valence-corrected chi connectivity index (χ3v) is 5.62. The molecule has 0 fully saturated rings. The predicted molar refractivity (Wildman–Crippen MR) is 115 cm³/mol. The molecular weight excluding hydrogens is 407 g/mol. The van der Waals surface area contributed by atoms with E-state index in [1.165, 1.54) is 5.57 Å². The first kappa shape index (κ1) is 19.7. The van der Waals surface area contributed by atoms with Gasteiger partial charge >= 0.3 is 0 Å². The molecule has 29 heavy (non-hydrogen) atoms. The molecule has 1 aromatic heterocycles. The van der Waals surface area contributed by atoms with Crippen molar-refractivity contribution in [2.45, 2.75) is 25.8 Å². The van der Waals surface area contributed by atoms with Crippen LogP contribution in [0.4, 0.5) is 0 Å². The highest BCUT2D eigenvalue weighted by atomic mass is 35.5. The minimum absolute atomic E-state index is 0.435. The number of allylic oxidation sites excluding steroid dienone is 3. The molecule has 0 spiro atoms. The molecule has 2 aromatic carbocycles. The highest BCUT2D eigenvalue weighted by Gasteiger charge is 2.16. The van der Waals surface area contributed by atoms with Crippen molar-refractivity contribution in [1.29, 1.82) is 0 Å². The maximum Gasteiger partial charge on any atom is 0.183 e. The van der Waals surface area contributed by atoms with Gasteiger partial charge in [0.2, 0.25) is 0 Å². The van der Waals surface area contributed by atoms with E-state index in [-0.39, 0.29) is 0 Å². The Hall–Kier alpha value is -2.63. The van der Waals surface area contributed by atoms with Crippen molar-refractivity contribution >= 4 is 23.2 Å². The number of hydrogen-bond acceptors (Lipinski definition) is 4. The number of nitrogens with zero attached hydrogens (tertiary/aromatic N) is 4. The minimum Gasteiger partial charge on any atom is -0.493 e. The van der Waals surface area contributed by atoms with E-state index in [2.05, 4.69) is 33.8 Å². The zero-order chi connectivity index (χ0) is 20.1. The molecule has 7 heteroatoms. The van der Waals surface area contributed by atoms with Crippen LogP contribution < -0.4 is 4.74 Å². The van der Waals surface area contributed by atoms with Crippen LogP contribution in [0.25, 0.3) is 11.4 Å². The molecule has 0 radical (unpaired) electrons. The van der Waals surface area contributed by atoms with Gasteiger partial charge in [-0.3, -0.25) is 0 Å². The van der Waals surface area contributed by atoms with Crippen molar-refractivity contribution in [2.24, 2.45) is 0 Å². The zero-order valence-electron chi connectivity index (χ0n) is 15.8. The van der Waals surface area contributed by atoms with Crippen LogP contribution in [0.1, 0.15) is 24.8 Å².